The molecular weight excluding hydrogens is 298 g/mol. The molecule has 0 aromatic heterocycles. The Labute approximate surface area is 135 Å². The highest BCUT2D eigenvalue weighted by Gasteiger charge is 2.32. The number of carbonyl (C=O) groups excluding carboxylic acids is 3. The summed E-state index contributed by atoms with van der Waals surface area (Å²) in [6.07, 6.45) is 3.54. The third-order valence-corrected chi connectivity index (χ3v) is 4.82. The van der Waals surface area contributed by atoms with Gasteiger partial charge in [0.25, 0.3) is 0 Å². The molecule has 0 radical (unpaired) electrons. The average molecular weight is 319 g/mol. The maximum atomic E-state index is 12.0. The number of hydrogen-bond donors (Lipinski definition) is 1. The molecule has 1 aliphatic rings. The van der Waals surface area contributed by atoms with Gasteiger partial charge in [0.2, 0.25) is 0 Å². The van der Waals surface area contributed by atoms with E-state index in [1.807, 2.05) is 18.2 Å². The number of nitrogens with one attached hydrogen (secondary N) is 1. The Bertz CT molecular complexity index is 518. The molecule has 0 saturated carbocycles. The van der Waals surface area contributed by atoms with Crippen molar-refractivity contribution >= 4 is 29.8 Å². The first-order valence-electron chi connectivity index (χ1n) is 7.61. The van der Waals surface area contributed by atoms with Gasteiger partial charge in [0.05, 0.1) is 6.04 Å². The van der Waals surface area contributed by atoms with E-state index in [2.05, 4.69) is 16.9 Å². The van der Waals surface area contributed by atoms with Crippen LogP contribution in [0.15, 0.2) is 30.3 Å². The zero-order chi connectivity index (χ0) is 15.8. The van der Waals surface area contributed by atoms with Gasteiger partial charge in [-0.25, -0.2) is 0 Å². The summed E-state index contributed by atoms with van der Waals surface area (Å²) in [5, 5.41) is 0. The van der Waals surface area contributed by atoms with E-state index < -0.39 is 6.04 Å². The second-order valence-electron chi connectivity index (χ2n) is 5.55. The van der Waals surface area contributed by atoms with Gasteiger partial charge < -0.3 is 4.79 Å². The van der Waals surface area contributed by atoms with E-state index in [-0.39, 0.29) is 30.3 Å². The molecule has 1 fully saturated rings. The lowest BCUT2D eigenvalue weighted by molar-refractivity contribution is -0.126. The van der Waals surface area contributed by atoms with Gasteiger partial charge in [-0.15, -0.1) is 0 Å². The van der Waals surface area contributed by atoms with Crippen LogP contribution < -0.4 is 4.72 Å². The van der Waals surface area contributed by atoms with Crippen molar-refractivity contribution in [3.8, 4) is 0 Å². The summed E-state index contributed by atoms with van der Waals surface area (Å²) in [6.45, 7) is 0. The third kappa shape index (κ3) is 5.07. The van der Waals surface area contributed by atoms with E-state index in [4.69, 9.17) is 0 Å². The third-order valence-electron chi connectivity index (χ3n) is 3.85. The first-order valence-corrected chi connectivity index (χ1v) is 8.60. The Hall–Kier alpha value is -1.46. The van der Waals surface area contributed by atoms with Crippen molar-refractivity contribution < 1.29 is 14.4 Å². The van der Waals surface area contributed by atoms with E-state index in [9.17, 15) is 14.4 Å². The minimum Gasteiger partial charge on any atom is -0.303 e. The molecule has 5 heteroatoms. The first-order chi connectivity index (χ1) is 10.7. The van der Waals surface area contributed by atoms with Crippen LogP contribution in [0, 0.1) is 5.92 Å². The molecule has 0 amide bonds. The second kappa shape index (κ2) is 8.86. The maximum Gasteiger partial charge on any atom is 0.151 e. The van der Waals surface area contributed by atoms with Crippen molar-refractivity contribution in [2.45, 2.75) is 38.1 Å². The maximum absolute atomic E-state index is 12.0. The summed E-state index contributed by atoms with van der Waals surface area (Å²) in [4.78, 5) is 34.7. The minimum absolute atomic E-state index is 0.0292. The van der Waals surface area contributed by atoms with Crippen LogP contribution in [0.4, 0.5) is 0 Å². The molecule has 0 aliphatic carbocycles. The molecule has 2 rings (SSSR count). The Kier molecular flexibility index (Phi) is 6.80. The predicted molar refractivity (Wildman–Crippen MR) is 87.6 cm³/mol. The Morgan fingerprint density at radius 3 is 2.68 bits per heavy atom. The van der Waals surface area contributed by atoms with Crippen molar-refractivity contribution in [3.63, 3.8) is 0 Å². The van der Waals surface area contributed by atoms with Crippen LogP contribution in [0.5, 0.6) is 0 Å². The fourth-order valence-corrected chi connectivity index (χ4v) is 3.56. The van der Waals surface area contributed by atoms with E-state index in [1.54, 1.807) is 0 Å². The summed E-state index contributed by atoms with van der Waals surface area (Å²) >= 11 is 1.40. The molecule has 0 bridgehead atoms. The molecule has 1 heterocycles. The van der Waals surface area contributed by atoms with Crippen LogP contribution in [0.2, 0.25) is 0 Å². The quantitative estimate of drug-likeness (QED) is 0.559. The van der Waals surface area contributed by atoms with Gasteiger partial charge >= 0.3 is 0 Å². The van der Waals surface area contributed by atoms with E-state index in [0.717, 1.165) is 19.1 Å². The second-order valence-corrected chi connectivity index (χ2v) is 6.41. The lowest BCUT2D eigenvalue weighted by Crippen LogP contribution is -2.35. The number of ketones is 2. The minimum atomic E-state index is -0.417. The number of carbonyl (C=O) groups is 3. The molecular formula is C17H21NO3S. The smallest absolute Gasteiger partial charge is 0.151 e. The van der Waals surface area contributed by atoms with Gasteiger partial charge in [-0.2, -0.15) is 0 Å². The van der Waals surface area contributed by atoms with Crippen LogP contribution in [0.25, 0.3) is 0 Å². The molecule has 2 atom stereocenters. The topological polar surface area (TPSA) is 63.2 Å². The lowest BCUT2D eigenvalue weighted by atomic mass is 9.96. The van der Waals surface area contributed by atoms with Crippen LogP contribution >= 0.6 is 11.9 Å². The van der Waals surface area contributed by atoms with Crippen LogP contribution in [-0.2, 0) is 20.8 Å². The number of aryl methyl sites for hydroxylation is 1. The van der Waals surface area contributed by atoms with Crippen molar-refractivity contribution in [1.82, 2.24) is 4.72 Å². The molecule has 1 saturated heterocycles. The Balaban J connectivity index is 1.65. The molecule has 22 heavy (non-hydrogen) atoms. The standard InChI is InChI=1S/C17H21NO3S/c19-11-14-12-22-18-17(14)16(21)10-9-15(20)8-4-7-13-5-2-1-3-6-13/h1-3,5-6,11,14,17-18H,4,7-10,12H2/t14-,17?/m1/s1. The summed E-state index contributed by atoms with van der Waals surface area (Å²) < 4.78 is 2.97. The summed E-state index contributed by atoms with van der Waals surface area (Å²) in [7, 11) is 0. The van der Waals surface area contributed by atoms with Gasteiger partial charge in [-0.3, -0.25) is 14.3 Å². The fourth-order valence-electron chi connectivity index (χ4n) is 2.52. The fraction of sp³-hybridized carbons (Fsp3) is 0.471. The van der Waals surface area contributed by atoms with Gasteiger partial charge in [0.1, 0.15) is 12.1 Å². The molecule has 4 nitrogen and oxygen atoms in total. The highest BCUT2D eigenvalue weighted by Crippen LogP contribution is 2.21. The van der Waals surface area contributed by atoms with Gasteiger partial charge in [0.15, 0.2) is 5.78 Å². The molecule has 1 N–H and O–H groups in total. The van der Waals surface area contributed by atoms with E-state index >= 15 is 0 Å². The average Bonchev–Trinajstić information content (AvgIpc) is 3.02. The number of benzene rings is 1. The van der Waals surface area contributed by atoms with Crippen LogP contribution in [0.1, 0.15) is 31.2 Å². The normalized spacial score (nSPS) is 20.7. The number of rotatable bonds is 9. The van der Waals surface area contributed by atoms with Gasteiger partial charge in [-0.1, -0.05) is 42.3 Å². The lowest BCUT2D eigenvalue weighted by Gasteiger charge is -2.11. The Morgan fingerprint density at radius 2 is 1.95 bits per heavy atom. The first kappa shape index (κ1) is 16.9. The molecule has 0 spiro atoms. The molecule has 1 aromatic rings. The Morgan fingerprint density at radius 1 is 1.18 bits per heavy atom. The van der Waals surface area contributed by atoms with E-state index in [1.165, 1.54) is 17.5 Å². The number of aldehydes is 1. The molecule has 118 valence electrons. The summed E-state index contributed by atoms with van der Waals surface area (Å²) in [5.41, 5.74) is 1.23. The van der Waals surface area contributed by atoms with Gasteiger partial charge in [0, 0.05) is 30.9 Å². The highest BCUT2D eigenvalue weighted by molar-refractivity contribution is 7.97. The van der Waals surface area contributed by atoms with Crippen molar-refractivity contribution in [2.24, 2.45) is 5.92 Å². The number of Topliss-reactive ketones (excluding diaryl/α,β-unsaturated/α-hetero) is 2. The SMILES string of the molecule is O=C[C@@H]1CSNC1C(=O)CCC(=O)CCCc1ccccc1. The molecule has 1 aromatic carbocycles. The zero-order valence-electron chi connectivity index (χ0n) is 12.5. The molecule has 1 unspecified atom stereocenters. The van der Waals surface area contributed by atoms with Crippen LogP contribution in [0.3, 0.4) is 0 Å². The summed E-state index contributed by atoms with van der Waals surface area (Å²) in [5.74, 6) is 0.465. The predicted octanol–water partition coefficient (Wildman–Crippen LogP) is 2.36. The largest absolute Gasteiger partial charge is 0.303 e. The zero-order valence-corrected chi connectivity index (χ0v) is 13.3. The number of hydrogen-bond acceptors (Lipinski definition) is 5. The molecule has 1 aliphatic heterocycles. The summed E-state index contributed by atoms with van der Waals surface area (Å²) in [6, 6.07) is 9.65. The van der Waals surface area contributed by atoms with Gasteiger partial charge in [-0.05, 0) is 18.4 Å². The van der Waals surface area contributed by atoms with Crippen molar-refractivity contribution in [2.75, 3.05) is 5.75 Å². The van der Waals surface area contributed by atoms with Crippen molar-refractivity contribution in [3.05, 3.63) is 35.9 Å². The highest BCUT2D eigenvalue weighted by atomic mass is 32.2. The van der Waals surface area contributed by atoms with E-state index in [0.29, 0.717) is 12.2 Å². The van der Waals surface area contributed by atoms with Crippen LogP contribution in [-0.4, -0.2) is 29.6 Å². The monoisotopic (exact) mass is 319 g/mol. The van der Waals surface area contributed by atoms with Crippen molar-refractivity contribution in [1.29, 1.82) is 0 Å².